The molecular formula is C20H28N6OS. The van der Waals surface area contributed by atoms with Gasteiger partial charge in [0.1, 0.15) is 0 Å². The van der Waals surface area contributed by atoms with Gasteiger partial charge >= 0.3 is 0 Å². The normalized spacial score (nSPS) is 15.6. The maximum atomic E-state index is 12.5. The van der Waals surface area contributed by atoms with Gasteiger partial charge in [-0.3, -0.25) is 19.2 Å². The zero-order valence-corrected chi connectivity index (χ0v) is 17.7. The molecule has 0 N–H and O–H groups in total. The molecule has 3 rings (SSSR count). The highest BCUT2D eigenvalue weighted by Gasteiger charge is 2.29. The Morgan fingerprint density at radius 1 is 1.29 bits per heavy atom. The second-order valence-electron chi connectivity index (χ2n) is 8.05. The van der Waals surface area contributed by atoms with Gasteiger partial charge in [0.2, 0.25) is 5.91 Å². The number of carbonyl (C=O) groups excluding carboxylic acids is 1. The average molecular weight is 401 g/mol. The van der Waals surface area contributed by atoms with Crippen molar-refractivity contribution in [2.75, 3.05) is 26.2 Å². The Bertz CT molecular complexity index is 888. The largest absolute Gasteiger partial charge is 0.340 e. The van der Waals surface area contributed by atoms with Crippen LogP contribution in [0.5, 0.6) is 0 Å². The van der Waals surface area contributed by atoms with Crippen LogP contribution in [-0.2, 0) is 18.0 Å². The van der Waals surface area contributed by atoms with E-state index in [4.69, 9.17) is 17.3 Å². The molecule has 2 aromatic heterocycles. The first-order valence-corrected chi connectivity index (χ1v) is 9.93. The number of allylic oxidation sites excluding steroid dienone is 1. The average Bonchev–Trinajstić information content (AvgIpc) is 2.98. The van der Waals surface area contributed by atoms with Gasteiger partial charge in [0, 0.05) is 56.1 Å². The second-order valence-corrected chi connectivity index (χ2v) is 8.41. The molecule has 2 aromatic rings. The number of hydrogen-bond acceptors (Lipinski definition) is 5. The third-order valence-electron chi connectivity index (χ3n) is 4.79. The van der Waals surface area contributed by atoms with E-state index in [9.17, 15) is 4.79 Å². The Hall–Kier alpha value is -2.32. The molecule has 1 saturated heterocycles. The third-order valence-corrected chi connectivity index (χ3v) is 5.22. The first-order chi connectivity index (χ1) is 13.3. The number of rotatable bonds is 5. The second kappa shape index (κ2) is 8.36. The summed E-state index contributed by atoms with van der Waals surface area (Å²) in [5.74, 6) is 0.998. The maximum absolute atomic E-state index is 12.5. The topological polar surface area (TPSA) is 59.2 Å². The standard InChI is InChI=1S/C20H28N6OS/c1-5-9-25-17(16-7-6-8-21-14-16)22-26(19(25)28)15-23-10-12-24(13-11-23)18(27)20(2,3)4/h5-8,14H,1,9-13,15H2,2-4H3. The van der Waals surface area contributed by atoms with Crippen LogP contribution >= 0.6 is 12.2 Å². The third kappa shape index (κ3) is 4.39. The lowest BCUT2D eigenvalue weighted by Gasteiger charge is -2.37. The smallest absolute Gasteiger partial charge is 0.228 e. The van der Waals surface area contributed by atoms with Crippen molar-refractivity contribution in [1.82, 2.24) is 29.1 Å². The van der Waals surface area contributed by atoms with Crippen LogP contribution in [0.2, 0.25) is 0 Å². The van der Waals surface area contributed by atoms with Crippen LogP contribution in [0, 0.1) is 10.2 Å². The summed E-state index contributed by atoms with van der Waals surface area (Å²) in [6.07, 6.45) is 5.35. The summed E-state index contributed by atoms with van der Waals surface area (Å²) >= 11 is 5.66. The summed E-state index contributed by atoms with van der Waals surface area (Å²) < 4.78 is 4.48. The van der Waals surface area contributed by atoms with Gasteiger partial charge in [-0.2, -0.15) is 5.10 Å². The summed E-state index contributed by atoms with van der Waals surface area (Å²) in [5, 5.41) is 4.75. The van der Waals surface area contributed by atoms with E-state index >= 15 is 0 Å². The van der Waals surface area contributed by atoms with Crippen LogP contribution in [0.1, 0.15) is 20.8 Å². The summed E-state index contributed by atoms with van der Waals surface area (Å²) in [6.45, 7) is 14.0. The van der Waals surface area contributed by atoms with Gasteiger partial charge in [0.25, 0.3) is 0 Å². The van der Waals surface area contributed by atoms with Crippen LogP contribution in [0.4, 0.5) is 0 Å². The van der Waals surface area contributed by atoms with Gasteiger partial charge < -0.3 is 4.90 Å². The van der Waals surface area contributed by atoms with E-state index in [1.807, 2.05) is 53.1 Å². The molecule has 0 atom stereocenters. The van der Waals surface area contributed by atoms with Gasteiger partial charge in [-0.25, -0.2) is 4.68 Å². The lowest BCUT2D eigenvalue weighted by Crippen LogP contribution is -2.51. The highest BCUT2D eigenvalue weighted by Crippen LogP contribution is 2.20. The molecule has 1 amide bonds. The van der Waals surface area contributed by atoms with E-state index in [1.54, 1.807) is 12.4 Å². The fourth-order valence-electron chi connectivity index (χ4n) is 3.29. The predicted octanol–water partition coefficient (Wildman–Crippen LogP) is 2.81. The zero-order valence-electron chi connectivity index (χ0n) is 16.8. The zero-order chi connectivity index (χ0) is 20.3. The molecule has 7 nitrogen and oxygen atoms in total. The molecule has 1 aliphatic rings. The number of hydrogen-bond donors (Lipinski definition) is 0. The molecule has 0 spiro atoms. The minimum Gasteiger partial charge on any atom is -0.340 e. The molecule has 3 heterocycles. The Labute approximate surface area is 171 Å². The molecular weight excluding hydrogens is 372 g/mol. The van der Waals surface area contributed by atoms with E-state index in [2.05, 4.69) is 16.5 Å². The molecule has 28 heavy (non-hydrogen) atoms. The van der Waals surface area contributed by atoms with E-state index in [-0.39, 0.29) is 11.3 Å². The van der Waals surface area contributed by atoms with Gasteiger partial charge in [0.05, 0.1) is 6.67 Å². The van der Waals surface area contributed by atoms with Crippen LogP contribution < -0.4 is 0 Å². The number of nitrogens with zero attached hydrogens (tertiary/aromatic N) is 6. The Kier molecular flexibility index (Phi) is 6.10. The summed E-state index contributed by atoms with van der Waals surface area (Å²) in [7, 11) is 0. The molecule has 0 radical (unpaired) electrons. The van der Waals surface area contributed by atoms with E-state index < -0.39 is 0 Å². The molecule has 150 valence electrons. The van der Waals surface area contributed by atoms with Crippen molar-refractivity contribution < 1.29 is 4.79 Å². The monoisotopic (exact) mass is 400 g/mol. The quantitative estimate of drug-likeness (QED) is 0.571. The molecule has 1 aliphatic heterocycles. The lowest BCUT2D eigenvalue weighted by atomic mass is 9.94. The van der Waals surface area contributed by atoms with Gasteiger partial charge in [-0.05, 0) is 24.4 Å². The van der Waals surface area contributed by atoms with Crippen LogP contribution in [0.15, 0.2) is 37.2 Å². The number of amides is 1. The molecule has 0 saturated carbocycles. The first-order valence-electron chi connectivity index (χ1n) is 9.52. The SMILES string of the molecule is C=CCn1c(-c2cccnc2)nn(CN2CCN(C(=O)C(C)(C)C)CC2)c1=S. The van der Waals surface area contributed by atoms with Crippen LogP contribution in [-0.4, -0.2) is 61.2 Å². The number of aromatic nitrogens is 4. The molecule has 0 unspecified atom stereocenters. The fourth-order valence-corrected chi connectivity index (χ4v) is 3.55. The van der Waals surface area contributed by atoms with Crippen molar-refractivity contribution in [2.45, 2.75) is 34.0 Å². The minimum atomic E-state index is -0.340. The Morgan fingerprint density at radius 2 is 2.00 bits per heavy atom. The van der Waals surface area contributed by atoms with Gasteiger partial charge in [0.15, 0.2) is 10.6 Å². The van der Waals surface area contributed by atoms with Crippen LogP contribution in [0.3, 0.4) is 0 Å². The molecule has 0 aliphatic carbocycles. The highest BCUT2D eigenvalue weighted by molar-refractivity contribution is 7.71. The number of piperazine rings is 1. The van der Waals surface area contributed by atoms with Crippen LogP contribution in [0.25, 0.3) is 11.4 Å². The van der Waals surface area contributed by atoms with Crippen molar-refractivity contribution in [3.05, 3.63) is 42.0 Å². The first kappa shape index (κ1) is 20.4. The highest BCUT2D eigenvalue weighted by atomic mass is 32.1. The molecule has 8 heteroatoms. The van der Waals surface area contributed by atoms with E-state index in [0.29, 0.717) is 18.0 Å². The molecule has 0 aromatic carbocycles. The lowest BCUT2D eigenvalue weighted by molar-refractivity contribution is -0.141. The van der Waals surface area contributed by atoms with Crippen molar-refractivity contribution in [3.8, 4) is 11.4 Å². The van der Waals surface area contributed by atoms with Crippen molar-refractivity contribution >= 4 is 18.1 Å². The van der Waals surface area contributed by atoms with Crippen molar-refractivity contribution in [3.63, 3.8) is 0 Å². The van der Waals surface area contributed by atoms with Gasteiger partial charge in [-0.1, -0.05) is 26.8 Å². The fraction of sp³-hybridized carbons (Fsp3) is 0.500. The Balaban J connectivity index is 1.74. The van der Waals surface area contributed by atoms with E-state index in [1.165, 1.54) is 0 Å². The van der Waals surface area contributed by atoms with Crippen molar-refractivity contribution in [1.29, 1.82) is 0 Å². The summed E-state index contributed by atoms with van der Waals surface area (Å²) in [6, 6.07) is 3.87. The van der Waals surface area contributed by atoms with Gasteiger partial charge in [-0.15, -0.1) is 6.58 Å². The number of carbonyl (C=O) groups is 1. The predicted molar refractivity (Wildman–Crippen MR) is 112 cm³/mol. The summed E-state index contributed by atoms with van der Waals surface area (Å²) in [4.78, 5) is 20.9. The van der Waals surface area contributed by atoms with Crippen molar-refractivity contribution in [2.24, 2.45) is 5.41 Å². The molecule has 0 bridgehead atoms. The number of pyridine rings is 1. The van der Waals surface area contributed by atoms with E-state index in [0.717, 1.165) is 37.6 Å². The maximum Gasteiger partial charge on any atom is 0.228 e. The minimum absolute atomic E-state index is 0.206. The Morgan fingerprint density at radius 3 is 2.57 bits per heavy atom. The molecule has 1 fully saturated rings. The summed E-state index contributed by atoms with van der Waals surface area (Å²) in [5.41, 5.74) is 0.585.